The van der Waals surface area contributed by atoms with E-state index in [9.17, 15) is 4.79 Å². The van der Waals surface area contributed by atoms with Crippen LogP contribution >= 0.6 is 23.1 Å². The van der Waals surface area contributed by atoms with Gasteiger partial charge in [0.2, 0.25) is 12.6 Å². The molecule has 0 bridgehead atoms. The van der Waals surface area contributed by atoms with Gasteiger partial charge in [0.15, 0.2) is 16.7 Å². The number of fused-ring (bicyclic) bond motifs is 6. The molecule has 7 nitrogen and oxygen atoms in total. The van der Waals surface area contributed by atoms with Gasteiger partial charge in [-0.05, 0) is 60.6 Å². The summed E-state index contributed by atoms with van der Waals surface area (Å²) in [4.78, 5) is 16.2. The molecule has 4 heterocycles. The van der Waals surface area contributed by atoms with E-state index in [1.165, 1.54) is 10.4 Å². The molecule has 7 rings (SSSR count). The minimum absolute atomic E-state index is 0.00882. The van der Waals surface area contributed by atoms with Crippen molar-refractivity contribution in [3.05, 3.63) is 74.9 Å². The number of thiophene rings is 1. The van der Waals surface area contributed by atoms with Crippen LogP contribution in [0.1, 0.15) is 29.3 Å². The van der Waals surface area contributed by atoms with Gasteiger partial charge in [-0.25, -0.2) is 8.97 Å². The highest BCUT2D eigenvalue weighted by Gasteiger charge is 2.27. The normalized spacial score (nSPS) is 16.8. The molecule has 0 saturated heterocycles. The topological polar surface area (TPSA) is 70.7 Å². The minimum atomic E-state index is -0.00882. The average molecular weight is 503 g/mol. The van der Waals surface area contributed by atoms with Crippen LogP contribution in [0.5, 0.6) is 11.5 Å². The number of aryl methyl sites for hydroxylation is 1. The molecule has 2 aliphatic rings. The molecular formula is C26H22N4O3S2. The fourth-order valence-electron chi connectivity index (χ4n) is 4.98. The van der Waals surface area contributed by atoms with Gasteiger partial charge in [0.05, 0.1) is 11.1 Å². The van der Waals surface area contributed by atoms with Crippen LogP contribution < -0.4 is 15.0 Å². The van der Waals surface area contributed by atoms with Crippen molar-refractivity contribution in [1.82, 2.24) is 19.2 Å². The summed E-state index contributed by atoms with van der Waals surface area (Å²) in [5.74, 6) is 3.43. The lowest BCUT2D eigenvalue weighted by atomic mass is 9.89. The molecule has 0 saturated carbocycles. The Kier molecular flexibility index (Phi) is 4.89. The highest BCUT2D eigenvalue weighted by Crippen LogP contribution is 2.39. The van der Waals surface area contributed by atoms with E-state index < -0.39 is 0 Å². The number of rotatable bonds is 4. The monoisotopic (exact) mass is 502 g/mol. The molecule has 0 N–H and O–H groups in total. The van der Waals surface area contributed by atoms with Crippen LogP contribution in [0.2, 0.25) is 0 Å². The summed E-state index contributed by atoms with van der Waals surface area (Å²) in [5, 5.41) is 10.7. The molecule has 2 aromatic carbocycles. The first-order chi connectivity index (χ1) is 17.2. The molecule has 0 amide bonds. The quantitative estimate of drug-likeness (QED) is 0.313. The van der Waals surface area contributed by atoms with Crippen LogP contribution in [-0.4, -0.2) is 26.0 Å². The maximum atomic E-state index is 13.9. The summed E-state index contributed by atoms with van der Waals surface area (Å²) < 4.78 is 14.8. The Balaban J connectivity index is 1.41. The van der Waals surface area contributed by atoms with E-state index in [0.29, 0.717) is 17.4 Å². The summed E-state index contributed by atoms with van der Waals surface area (Å²) in [6.45, 7) is 2.55. The fraction of sp³-hybridized carbons (Fsp3) is 0.269. The first-order valence-corrected chi connectivity index (χ1v) is 13.5. The molecule has 1 aliphatic heterocycles. The van der Waals surface area contributed by atoms with E-state index >= 15 is 0 Å². The molecule has 5 aromatic rings. The third-order valence-corrected chi connectivity index (χ3v) is 8.99. The van der Waals surface area contributed by atoms with E-state index in [4.69, 9.17) is 9.47 Å². The van der Waals surface area contributed by atoms with Gasteiger partial charge in [0.1, 0.15) is 4.83 Å². The second-order valence-corrected chi connectivity index (χ2v) is 11.1. The zero-order chi connectivity index (χ0) is 23.5. The van der Waals surface area contributed by atoms with E-state index in [-0.39, 0.29) is 12.4 Å². The number of nitrogens with zero attached hydrogens (tertiary/aromatic N) is 4. The number of para-hydroxylation sites is 1. The SMILES string of the molecule is C[C@@H]1CCc2c(sc3c2c(=O)n(-c2ccccc2)c2nnc(SCc4ccc5c(c4)OCO5)n32)C1. The van der Waals surface area contributed by atoms with Gasteiger partial charge in [-0.15, -0.1) is 21.5 Å². The smallest absolute Gasteiger partial charge is 0.268 e. The van der Waals surface area contributed by atoms with Crippen molar-refractivity contribution in [2.75, 3.05) is 6.79 Å². The van der Waals surface area contributed by atoms with E-state index in [2.05, 4.69) is 21.5 Å². The summed E-state index contributed by atoms with van der Waals surface area (Å²) in [7, 11) is 0. The van der Waals surface area contributed by atoms with Crippen LogP contribution in [0, 0.1) is 5.92 Å². The molecular weight excluding hydrogens is 480 g/mol. The van der Waals surface area contributed by atoms with Crippen LogP contribution in [0.4, 0.5) is 0 Å². The number of thioether (sulfide) groups is 1. The molecule has 1 aliphatic carbocycles. The lowest BCUT2D eigenvalue weighted by Gasteiger charge is -2.17. The summed E-state index contributed by atoms with van der Waals surface area (Å²) in [5.41, 5.74) is 3.11. The molecule has 0 fully saturated rings. The van der Waals surface area contributed by atoms with Crippen molar-refractivity contribution < 1.29 is 9.47 Å². The second-order valence-electron chi connectivity index (χ2n) is 9.10. The third-order valence-electron chi connectivity index (χ3n) is 6.75. The lowest BCUT2D eigenvalue weighted by molar-refractivity contribution is 0.174. The molecule has 176 valence electrons. The molecule has 35 heavy (non-hydrogen) atoms. The van der Waals surface area contributed by atoms with Gasteiger partial charge < -0.3 is 9.47 Å². The summed E-state index contributed by atoms with van der Waals surface area (Å²) >= 11 is 3.34. The van der Waals surface area contributed by atoms with Crippen LogP contribution in [0.25, 0.3) is 21.7 Å². The molecule has 0 spiro atoms. The number of hydrogen-bond donors (Lipinski definition) is 0. The summed E-state index contributed by atoms with van der Waals surface area (Å²) in [6.07, 6.45) is 3.06. The van der Waals surface area contributed by atoms with Crippen molar-refractivity contribution in [3.8, 4) is 17.2 Å². The van der Waals surface area contributed by atoms with Crippen LogP contribution in [0.15, 0.2) is 58.5 Å². The number of aromatic nitrogens is 4. The third kappa shape index (κ3) is 3.36. The lowest BCUT2D eigenvalue weighted by Crippen LogP contribution is -2.22. The van der Waals surface area contributed by atoms with Crippen molar-refractivity contribution in [3.63, 3.8) is 0 Å². The Bertz CT molecular complexity index is 1650. The molecule has 0 radical (unpaired) electrons. The molecule has 0 unspecified atom stereocenters. The average Bonchev–Trinajstić information content (AvgIpc) is 3.59. The van der Waals surface area contributed by atoms with Gasteiger partial charge >= 0.3 is 0 Å². The summed E-state index contributed by atoms with van der Waals surface area (Å²) in [6, 6.07) is 15.7. The predicted molar refractivity (Wildman–Crippen MR) is 137 cm³/mol. The van der Waals surface area contributed by atoms with Crippen LogP contribution in [0.3, 0.4) is 0 Å². The van der Waals surface area contributed by atoms with E-state index in [0.717, 1.165) is 57.4 Å². The highest BCUT2D eigenvalue weighted by molar-refractivity contribution is 7.98. The predicted octanol–water partition coefficient (Wildman–Crippen LogP) is 5.24. The first kappa shape index (κ1) is 21.0. The minimum Gasteiger partial charge on any atom is -0.454 e. The number of benzene rings is 2. The second kappa shape index (κ2) is 8.13. The standard InChI is InChI=1S/C26H22N4O3S2/c1-15-7-9-18-21(11-15)35-24-22(18)23(31)29(17-5-3-2-4-6-17)25-27-28-26(30(24)25)34-13-16-8-10-19-20(12-16)33-14-32-19/h2-6,8,10,12,15H,7,9,11,13-14H2,1H3/t15-/m1/s1. The van der Waals surface area contributed by atoms with Gasteiger partial charge in [0, 0.05) is 10.6 Å². The zero-order valence-electron chi connectivity index (χ0n) is 19.1. The Morgan fingerprint density at radius 2 is 1.97 bits per heavy atom. The maximum absolute atomic E-state index is 13.9. The van der Waals surface area contributed by atoms with Crippen molar-refractivity contribution in [1.29, 1.82) is 0 Å². The van der Waals surface area contributed by atoms with Gasteiger partial charge in [-0.2, -0.15) is 0 Å². The van der Waals surface area contributed by atoms with Gasteiger partial charge in [0.25, 0.3) is 5.56 Å². The van der Waals surface area contributed by atoms with Gasteiger partial charge in [-0.1, -0.05) is 43.0 Å². The molecule has 1 atom stereocenters. The Morgan fingerprint density at radius 1 is 1.11 bits per heavy atom. The van der Waals surface area contributed by atoms with Gasteiger partial charge in [-0.3, -0.25) is 4.79 Å². The number of ether oxygens (including phenoxy) is 2. The van der Waals surface area contributed by atoms with Crippen molar-refractivity contribution in [2.45, 2.75) is 37.1 Å². The fourth-order valence-corrected chi connectivity index (χ4v) is 7.42. The Labute approximate surface area is 209 Å². The van der Waals surface area contributed by atoms with Crippen molar-refractivity contribution >= 4 is 39.1 Å². The van der Waals surface area contributed by atoms with Crippen molar-refractivity contribution in [2.24, 2.45) is 5.92 Å². The Hall–Kier alpha value is -3.30. The zero-order valence-corrected chi connectivity index (χ0v) is 20.7. The van der Waals surface area contributed by atoms with E-state index in [1.807, 2.05) is 48.5 Å². The van der Waals surface area contributed by atoms with E-state index in [1.54, 1.807) is 27.7 Å². The maximum Gasteiger partial charge on any atom is 0.268 e. The number of hydrogen-bond acceptors (Lipinski definition) is 7. The highest BCUT2D eigenvalue weighted by atomic mass is 32.2. The largest absolute Gasteiger partial charge is 0.454 e. The molecule has 3 aromatic heterocycles. The van der Waals surface area contributed by atoms with Crippen LogP contribution in [-0.2, 0) is 18.6 Å². The Morgan fingerprint density at radius 3 is 2.86 bits per heavy atom. The molecule has 9 heteroatoms. The first-order valence-electron chi connectivity index (χ1n) is 11.7.